The molecule has 0 unspecified atom stereocenters. The Bertz CT molecular complexity index is 1950. The number of carbonyl (C=O) groups excluding carboxylic acids is 1. The minimum atomic E-state index is -3.67. The summed E-state index contributed by atoms with van der Waals surface area (Å²) in [6.45, 7) is 1.85. The van der Waals surface area contributed by atoms with Crippen molar-refractivity contribution in [2.45, 2.75) is 24.8 Å². The lowest BCUT2D eigenvalue weighted by Crippen LogP contribution is -2.15. The van der Waals surface area contributed by atoms with E-state index in [1.165, 1.54) is 19.1 Å². The Labute approximate surface area is 264 Å². The second-order valence-electron chi connectivity index (χ2n) is 10.2. The zero-order valence-corrected chi connectivity index (χ0v) is 25.8. The highest BCUT2D eigenvalue weighted by atomic mass is 35.5. The van der Waals surface area contributed by atoms with E-state index in [1.54, 1.807) is 60.7 Å². The average molecular weight is 649 g/mol. The smallest absolute Gasteiger partial charge is 0.335 e. The van der Waals surface area contributed by atoms with Gasteiger partial charge in [0, 0.05) is 41.0 Å². The first-order valence-electron chi connectivity index (χ1n) is 13.5. The molecule has 4 aromatic carbocycles. The summed E-state index contributed by atoms with van der Waals surface area (Å²) >= 11 is 12.6. The number of hydrogen-bond acceptors (Lipinski definition) is 6. The van der Waals surface area contributed by atoms with E-state index < -0.39 is 15.8 Å². The number of hydrogen-bond donors (Lipinski definition) is 2. The monoisotopic (exact) mass is 647 g/mol. The van der Waals surface area contributed by atoms with Crippen molar-refractivity contribution in [3.8, 4) is 11.3 Å². The Morgan fingerprint density at radius 3 is 2.25 bits per heavy atom. The molecule has 0 fully saturated rings. The average Bonchev–Trinajstić information content (AvgIpc) is 3.38. The van der Waals surface area contributed by atoms with Crippen molar-refractivity contribution in [1.29, 1.82) is 0 Å². The number of carbonyl (C=O) groups is 2. The molecule has 0 atom stereocenters. The van der Waals surface area contributed by atoms with Gasteiger partial charge in [-0.15, -0.1) is 0 Å². The van der Waals surface area contributed by atoms with Crippen LogP contribution in [-0.4, -0.2) is 40.7 Å². The molecule has 11 heteroatoms. The normalized spacial score (nSPS) is 11.3. The molecule has 0 radical (unpaired) electrons. The number of nitrogens with zero attached hydrogens (tertiary/aromatic N) is 2. The number of imidazole rings is 1. The lowest BCUT2D eigenvalue weighted by molar-refractivity contribution is 0.0696. The Kier molecular flexibility index (Phi) is 9.20. The van der Waals surface area contributed by atoms with Crippen molar-refractivity contribution in [3.05, 3.63) is 135 Å². The minimum absolute atomic E-state index is 0.0790. The van der Waals surface area contributed by atoms with Crippen LogP contribution in [0.25, 0.3) is 11.3 Å². The third-order valence-electron chi connectivity index (χ3n) is 7.00. The Balaban J connectivity index is 1.35. The van der Waals surface area contributed by atoms with Gasteiger partial charge in [0.05, 0.1) is 21.2 Å². The number of nitrogens with one attached hydrogen (secondary N) is 1. The van der Waals surface area contributed by atoms with Gasteiger partial charge >= 0.3 is 5.97 Å². The molecule has 0 amide bonds. The van der Waals surface area contributed by atoms with Crippen LogP contribution in [0.5, 0.6) is 0 Å². The Morgan fingerprint density at radius 2 is 1.59 bits per heavy atom. The third-order valence-corrected chi connectivity index (χ3v) is 9.05. The number of carboxylic acids is 1. The number of rotatable bonds is 11. The molecule has 0 bridgehead atoms. The predicted molar refractivity (Wildman–Crippen MR) is 172 cm³/mol. The zero-order chi connectivity index (χ0) is 31.4. The van der Waals surface area contributed by atoms with Crippen molar-refractivity contribution in [3.63, 3.8) is 0 Å². The number of ketones is 1. The zero-order valence-electron chi connectivity index (χ0n) is 23.5. The van der Waals surface area contributed by atoms with E-state index >= 15 is 0 Å². The summed E-state index contributed by atoms with van der Waals surface area (Å²) in [7, 11) is -3.67. The molecule has 8 nitrogen and oxygen atoms in total. The van der Waals surface area contributed by atoms with Crippen molar-refractivity contribution in [2.75, 3.05) is 11.2 Å². The molecule has 5 rings (SSSR count). The summed E-state index contributed by atoms with van der Waals surface area (Å²) in [6, 6.07) is 25.3. The maximum Gasteiger partial charge on any atom is 0.335 e. The fourth-order valence-corrected chi connectivity index (χ4v) is 6.22. The Morgan fingerprint density at radius 1 is 0.886 bits per heavy atom. The lowest BCUT2D eigenvalue weighted by atomic mass is 10.1. The molecule has 0 aliphatic carbocycles. The van der Waals surface area contributed by atoms with Gasteiger partial charge in [0.25, 0.3) is 0 Å². The molecular formula is C33H27Cl2N3O5S. The van der Waals surface area contributed by atoms with E-state index in [9.17, 15) is 23.1 Å². The summed E-state index contributed by atoms with van der Waals surface area (Å²) in [5, 5.41) is 13.2. The van der Waals surface area contributed by atoms with E-state index in [1.807, 2.05) is 29.0 Å². The molecule has 224 valence electrons. The number of aromatic nitrogens is 2. The van der Waals surface area contributed by atoms with Crippen molar-refractivity contribution in [1.82, 2.24) is 9.55 Å². The van der Waals surface area contributed by atoms with E-state index in [0.717, 1.165) is 22.5 Å². The quantitative estimate of drug-likeness (QED) is 0.145. The van der Waals surface area contributed by atoms with Crippen molar-refractivity contribution >= 4 is 50.5 Å². The highest BCUT2D eigenvalue weighted by Gasteiger charge is 2.17. The van der Waals surface area contributed by atoms with Gasteiger partial charge < -0.3 is 15.0 Å². The molecule has 0 saturated heterocycles. The highest BCUT2D eigenvalue weighted by molar-refractivity contribution is 7.91. The molecule has 5 aromatic rings. The second kappa shape index (κ2) is 13.1. The molecule has 1 aromatic heterocycles. The first-order valence-corrected chi connectivity index (χ1v) is 15.9. The molecule has 0 spiro atoms. The SMILES string of the molecule is CC(=O)c1cccc(S(=O)(=O)CNc2ccc(Cc3nc(-c4ccc(Cl)cc4Cl)cn3Cc3ccc(C(=O)O)cc3)cc2)c1. The number of aromatic carboxylic acids is 1. The van der Waals surface area contributed by atoms with Gasteiger partial charge in [-0.2, -0.15) is 0 Å². The van der Waals surface area contributed by atoms with Crippen LogP contribution in [0.3, 0.4) is 0 Å². The van der Waals surface area contributed by atoms with Crippen LogP contribution >= 0.6 is 23.2 Å². The van der Waals surface area contributed by atoms with Crippen LogP contribution in [0.4, 0.5) is 5.69 Å². The topological polar surface area (TPSA) is 118 Å². The summed E-state index contributed by atoms with van der Waals surface area (Å²) in [5.41, 5.74) is 4.40. The van der Waals surface area contributed by atoms with Gasteiger partial charge in [0.1, 0.15) is 11.7 Å². The van der Waals surface area contributed by atoms with Crippen molar-refractivity contribution < 1.29 is 23.1 Å². The van der Waals surface area contributed by atoms with Crippen LogP contribution in [0, 0.1) is 0 Å². The van der Waals surface area contributed by atoms with Gasteiger partial charge in [-0.25, -0.2) is 18.2 Å². The Hall–Kier alpha value is -4.44. The largest absolute Gasteiger partial charge is 0.478 e. The highest BCUT2D eigenvalue weighted by Crippen LogP contribution is 2.30. The number of carboxylic acid groups (broad SMARTS) is 1. The summed E-state index contributed by atoms with van der Waals surface area (Å²) in [4.78, 5) is 27.9. The predicted octanol–water partition coefficient (Wildman–Crippen LogP) is 7.24. The van der Waals surface area contributed by atoms with Crippen LogP contribution in [-0.2, 0) is 22.8 Å². The lowest BCUT2D eigenvalue weighted by Gasteiger charge is -2.11. The molecule has 0 aliphatic rings. The van der Waals surface area contributed by atoms with Crippen LogP contribution < -0.4 is 5.32 Å². The number of sulfone groups is 1. The van der Waals surface area contributed by atoms with Gasteiger partial charge in [-0.1, -0.05) is 59.6 Å². The van der Waals surface area contributed by atoms with Crippen LogP contribution in [0.1, 0.15) is 44.6 Å². The molecule has 44 heavy (non-hydrogen) atoms. The van der Waals surface area contributed by atoms with E-state index in [4.69, 9.17) is 28.2 Å². The maximum atomic E-state index is 12.9. The molecule has 2 N–H and O–H groups in total. The molecule has 0 aliphatic heterocycles. The van der Waals surface area contributed by atoms with E-state index in [0.29, 0.717) is 40.0 Å². The maximum absolute atomic E-state index is 12.9. The molecule has 0 saturated carbocycles. The van der Waals surface area contributed by atoms with Gasteiger partial charge in [0.2, 0.25) is 0 Å². The van der Waals surface area contributed by atoms with Gasteiger partial charge in [0.15, 0.2) is 15.6 Å². The first kappa shape index (κ1) is 31.0. The first-order chi connectivity index (χ1) is 21.0. The van der Waals surface area contributed by atoms with Crippen molar-refractivity contribution in [2.24, 2.45) is 0 Å². The van der Waals surface area contributed by atoms with Gasteiger partial charge in [-0.05, 0) is 72.6 Å². The number of halogens is 2. The number of benzene rings is 4. The summed E-state index contributed by atoms with van der Waals surface area (Å²) in [5.74, 6) is -0.769. The second-order valence-corrected chi connectivity index (χ2v) is 13.0. The summed E-state index contributed by atoms with van der Waals surface area (Å²) in [6.07, 6.45) is 2.37. The van der Waals surface area contributed by atoms with Gasteiger partial charge in [-0.3, -0.25) is 4.79 Å². The summed E-state index contributed by atoms with van der Waals surface area (Å²) < 4.78 is 27.7. The fraction of sp³-hybridized carbons (Fsp3) is 0.121. The molecule has 1 heterocycles. The van der Waals surface area contributed by atoms with E-state index in [2.05, 4.69) is 5.32 Å². The number of anilines is 1. The fourth-order valence-electron chi connectivity index (χ4n) is 4.60. The van der Waals surface area contributed by atoms with Crippen LogP contribution in [0.2, 0.25) is 10.0 Å². The minimum Gasteiger partial charge on any atom is -0.478 e. The molecular weight excluding hydrogens is 621 g/mol. The van der Waals surface area contributed by atoms with E-state index in [-0.39, 0.29) is 22.1 Å². The standard InChI is InChI=1S/C33H27Cl2N3O5S/c1-21(39)25-3-2-4-28(16-25)44(42,43)20-36-27-12-7-22(8-13-27)15-32-37-31(29-14-11-26(34)17-30(29)35)19-38(32)18-23-5-9-24(10-6-23)33(40)41/h2-14,16-17,19,36H,15,18,20H2,1H3,(H,40,41). The third kappa shape index (κ3) is 7.37. The number of Topliss-reactive ketones (excluding diaryl/α,β-unsaturated/α-hetero) is 1. The van der Waals surface area contributed by atoms with Crippen LogP contribution in [0.15, 0.2) is 102 Å².